The van der Waals surface area contributed by atoms with E-state index in [-0.39, 0.29) is 6.61 Å². The molecule has 0 aliphatic carbocycles. The summed E-state index contributed by atoms with van der Waals surface area (Å²) in [6.45, 7) is 0.781. The van der Waals surface area contributed by atoms with E-state index in [0.29, 0.717) is 13.0 Å². The lowest BCUT2D eigenvalue weighted by Crippen LogP contribution is -2.04. The van der Waals surface area contributed by atoms with E-state index in [9.17, 15) is 4.57 Å². The molecule has 11 heavy (non-hydrogen) atoms. The average Bonchev–Trinajstić information content (AvgIpc) is 2.05. The molecule has 5 nitrogen and oxygen atoms in total. The smallest absolute Gasteiger partial charge is 0.330 e. The highest BCUT2D eigenvalue weighted by Gasteiger charge is 2.21. The van der Waals surface area contributed by atoms with Crippen molar-refractivity contribution in [2.24, 2.45) is 5.73 Å². The molecule has 0 aliphatic rings. The Kier molecular flexibility index (Phi) is 5.72. The Hall–Kier alpha value is 0.0700. The predicted molar refractivity (Wildman–Crippen MR) is 41.2 cm³/mol. The third-order valence-electron chi connectivity index (χ3n) is 1.05. The minimum Gasteiger partial charge on any atom is -0.330 e. The topological polar surface area (TPSA) is 70.8 Å². The Morgan fingerprint density at radius 1 is 1.36 bits per heavy atom. The number of hydrogen-bond acceptors (Lipinski definition) is 5. The molecule has 0 aromatic rings. The van der Waals surface area contributed by atoms with E-state index < -0.39 is 7.82 Å². The minimum atomic E-state index is -3.27. The van der Waals surface area contributed by atoms with Gasteiger partial charge < -0.3 is 5.73 Å². The molecule has 6 heteroatoms. The summed E-state index contributed by atoms with van der Waals surface area (Å²) in [5.41, 5.74) is 5.19. The van der Waals surface area contributed by atoms with Crippen LogP contribution >= 0.6 is 7.82 Å². The van der Waals surface area contributed by atoms with Crippen molar-refractivity contribution >= 4 is 7.82 Å². The molecule has 0 spiro atoms. The SMILES string of the molecule is COP(=O)(OC)OCCCN. The minimum absolute atomic E-state index is 0.287. The van der Waals surface area contributed by atoms with Crippen LogP contribution in [0.1, 0.15) is 6.42 Å². The maximum atomic E-state index is 11.1. The second-order valence-corrected chi connectivity index (χ2v) is 3.67. The summed E-state index contributed by atoms with van der Waals surface area (Å²) < 4.78 is 24.9. The van der Waals surface area contributed by atoms with Crippen molar-refractivity contribution < 1.29 is 18.1 Å². The predicted octanol–water partition coefficient (Wildman–Crippen LogP) is 0.753. The Morgan fingerprint density at radius 3 is 2.27 bits per heavy atom. The van der Waals surface area contributed by atoms with Crippen LogP contribution in [0.2, 0.25) is 0 Å². The first-order valence-corrected chi connectivity index (χ1v) is 4.70. The monoisotopic (exact) mass is 183 g/mol. The van der Waals surface area contributed by atoms with E-state index in [1.807, 2.05) is 0 Å². The number of hydrogen-bond donors (Lipinski definition) is 1. The van der Waals surface area contributed by atoms with Gasteiger partial charge in [0.2, 0.25) is 0 Å². The zero-order valence-electron chi connectivity index (χ0n) is 6.78. The van der Waals surface area contributed by atoms with E-state index in [4.69, 9.17) is 10.3 Å². The van der Waals surface area contributed by atoms with Crippen molar-refractivity contribution in [1.29, 1.82) is 0 Å². The third-order valence-corrected chi connectivity index (χ3v) is 2.44. The van der Waals surface area contributed by atoms with Gasteiger partial charge in [0.1, 0.15) is 0 Å². The lowest BCUT2D eigenvalue weighted by atomic mass is 10.5. The highest BCUT2D eigenvalue weighted by atomic mass is 31.2. The second-order valence-electron chi connectivity index (χ2n) is 1.79. The molecule has 0 aliphatic heterocycles. The summed E-state index contributed by atoms with van der Waals surface area (Å²) in [4.78, 5) is 0. The van der Waals surface area contributed by atoms with Crippen molar-refractivity contribution in [2.45, 2.75) is 6.42 Å². The summed E-state index contributed by atoms with van der Waals surface area (Å²) in [5.74, 6) is 0. The van der Waals surface area contributed by atoms with E-state index in [1.165, 1.54) is 14.2 Å². The molecule has 0 unspecified atom stereocenters. The first kappa shape index (κ1) is 11.1. The van der Waals surface area contributed by atoms with Crippen LogP contribution in [0, 0.1) is 0 Å². The second kappa shape index (κ2) is 5.69. The van der Waals surface area contributed by atoms with Crippen LogP contribution in [0.15, 0.2) is 0 Å². The van der Waals surface area contributed by atoms with E-state index in [1.54, 1.807) is 0 Å². The van der Waals surface area contributed by atoms with Crippen molar-refractivity contribution in [2.75, 3.05) is 27.4 Å². The molecule has 2 N–H and O–H groups in total. The molecular weight excluding hydrogens is 169 g/mol. The maximum Gasteiger partial charge on any atom is 0.474 e. The quantitative estimate of drug-likeness (QED) is 0.486. The van der Waals surface area contributed by atoms with Gasteiger partial charge in [-0.2, -0.15) is 0 Å². The summed E-state index contributed by atoms with van der Waals surface area (Å²) in [7, 11) is -0.725. The molecule has 0 saturated carbocycles. The van der Waals surface area contributed by atoms with E-state index in [2.05, 4.69) is 9.05 Å². The molecule has 0 aromatic heterocycles. The Morgan fingerprint density at radius 2 is 1.91 bits per heavy atom. The standard InChI is InChI=1S/C5H14NO4P/c1-8-11(7,9-2)10-5-3-4-6/h3-6H2,1-2H3. The van der Waals surface area contributed by atoms with Crippen molar-refractivity contribution in [3.05, 3.63) is 0 Å². The molecule has 0 bridgehead atoms. The van der Waals surface area contributed by atoms with Gasteiger partial charge in [0, 0.05) is 14.2 Å². The summed E-state index contributed by atoms with van der Waals surface area (Å²) >= 11 is 0. The molecular formula is C5H14NO4P. The molecule has 0 saturated heterocycles. The molecule has 0 rings (SSSR count). The summed E-state index contributed by atoms with van der Waals surface area (Å²) in [5, 5.41) is 0. The Labute approximate surface area is 66.4 Å². The van der Waals surface area contributed by atoms with Crippen LogP contribution in [0.3, 0.4) is 0 Å². The van der Waals surface area contributed by atoms with E-state index >= 15 is 0 Å². The van der Waals surface area contributed by atoms with E-state index in [0.717, 1.165) is 0 Å². The zero-order valence-corrected chi connectivity index (χ0v) is 7.67. The molecule has 0 fully saturated rings. The van der Waals surface area contributed by atoms with Crippen LogP contribution in [0.25, 0.3) is 0 Å². The average molecular weight is 183 g/mol. The fraction of sp³-hybridized carbons (Fsp3) is 1.00. The van der Waals surface area contributed by atoms with Crippen molar-refractivity contribution in [1.82, 2.24) is 0 Å². The van der Waals surface area contributed by atoms with Gasteiger partial charge in [0.15, 0.2) is 0 Å². The molecule has 0 atom stereocenters. The van der Waals surface area contributed by atoms with Crippen LogP contribution < -0.4 is 5.73 Å². The van der Waals surface area contributed by atoms with Gasteiger partial charge in [-0.1, -0.05) is 0 Å². The number of phosphoric acid groups is 1. The first-order chi connectivity index (χ1) is 5.18. The van der Waals surface area contributed by atoms with Gasteiger partial charge in [-0.3, -0.25) is 13.6 Å². The zero-order chi connectivity index (χ0) is 8.74. The summed E-state index contributed by atoms with van der Waals surface area (Å²) in [6.07, 6.45) is 0.636. The number of phosphoric ester groups is 1. The van der Waals surface area contributed by atoms with Crippen molar-refractivity contribution in [3.8, 4) is 0 Å². The Balaban J connectivity index is 3.61. The van der Waals surface area contributed by atoms with Crippen LogP contribution in [0.4, 0.5) is 0 Å². The lowest BCUT2D eigenvalue weighted by Gasteiger charge is -2.12. The van der Waals surface area contributed by atoms with Crippen molar-refractivity contribution in [3.63, 3.8) is 0 Å². The molecule has 0 heterocycles. The highest BCUT2D eigenvalue weighted by molar-refractivity contribution is 7.48. The number of nitrogens with two attached hydrogens (primary N) is 1. The molecule has 0 radical (unpaired) electrons. The largest absolute Gasteiger partial charge is 0.474 e. The number of rotatable bonds is 6. The van der Waals surface area contributed by atoms with Gasteiger partial charge in [-0.05, 0) is 13.0 Å². The Bertz CT molecular complexity index is 132. The fourth-order valence-electron chi connectivity index (χ4n) is 0.440. The van der Waals surface area contributed by atoms with Gasteiger partial charge in [-0.25, -0.2) is 4.57 Å². The van der Waals surface area contributed by atoms with Crippen LogP contribution in [0.5, 0.6) is 0 Å². The molecule has 0 amide bonds. The first-order valence-electron chi connectivity index (χ1n) is 3.24. The summed E-state index contributed by atoms with van der Waals surface area (Å²) in [6, 6.07) is 0. The van der Waals surface area contributed by atoms with Crippen LogP contribution in [-0.4, -0.2) is 27.4 Å². The van der Waals surface area contributed by atoms with Gasteiger partial charge in [-0.15, -0.1) is 0 Å². The molecule has 0 aromatic carbocycles. The lowest BCUT2D eigenvalue weighted by molar-refractivity contribution is 0.151. The molecule has 68 valence electrons. The van der Waals surface area contributed by atoms with Gasteiger partial charge in [0.25, 0.3) is 0 Å². The van der Waals surface area contributed by atoms with Crippen LogP contribution in [-0.2, 0) is 18.1 Å². The maximum absolute atomic E-state index is 11.1. The fourth-order valence-corrected chi connectivity index (χ4v) is 1.15. The third kappa shape index (κ3) is 4.50. The van der Waals surface area contributed by atoms with Gasteiger partial charge >= 0.3 is 7.82 Å². The highest BCUT2D eigenvalue weighted by Crippen LogP contribution is 2.47. The normalized spacial score (nSPS) is 11.9. The van der Waals surface area contributed by atoms with Gasteiger partial charge in [0.05, 0.1) is 6.61 Å².